The zero-order valence-corrected chi connectivity index (χ0v) is 26.2. The van der Waals surface area contributed by atoms with Gasteiger partial charge in [-0.25, -0.2) is 4.98 Å². The number of cyclic esters (lactones) is 1. The molecule has 1 amide bonds. The minimum absolute atomic E-state index is 0.0441. The zero-order chi connectivity index (χ0) is 29.9. The number of hydrogen-bond acceptors (Lipinski definition) is 8. The van der Waals surface area contributed by atoms with E-state index in [9.17, 15) is 24.6 Å². The lowest BCUT2D eigenvalue weighted by Gasteiger charge is -2.34. The molecule has 1 aromatic heterocycles. The van der Waals surface area contributed by atoms with Gasteiger partial charge in [0.1, 0.15) is 11.9 Å². The Morgan fingerprint density at radius 3 is 2.50 bits per heavy atom. The highest BCUT2D eigenvalue weighted by atomic mass is 32.1. The monoisotopic (exact) mass is 576 g/mol. The minimum atomic E-state index is -1.27. The van der Waals surface area contributed by atoms with E-state index in [2.05, 4.69) is 4.98 Å². The SMILES string of the molecule is C/C(=C\c1csc(C)n1)[C@@H]1C[C@H]2[C@@H](CCC[C@H](C)C(O)[C@@H](C)C(=O)C(C)(C)[C@@H](O)CC(=O)O1)N2C(=O)CC(C)C. The summed E-state index contributed by atoms with van der Waals surface area (Å²) in [7, 11) is 0. The molecule has 1 unspecified atom stereocenters. The van der Waals surface area contributed by atoms with Gasteiger partial charge in [0.25, 0.3) is 0 Å². The molecule has 3 heterocycles. The number of ether oxygens (including phenoxy) is 1. The molecule has 2 aliphatic rings. The molecule has 0 saturated carbocycles. The molecule has 224 valence electrons. The molecule has 9 heteroatoms. The summed E-state index contributed by atoms with van der Waals surface area (Å²) in [6.45, 7) is 14.7. The van der Waals surface area contributed by atoms with Crippen LogP contribution in [0.25, 0.3) is 6.08 Å². The van der Waals surface area contributed by atoms with Crippen LogP contribution in [0.3, 0.4) is 0 Å². The summed E-state index contributed by atoms with van der Waals surface area (Å²) in [5.74, 6) is -1.36. The summed E-state index contributed by atoms with van der Waals surface area (Å²) in [6.07, 6.45) is 2.05. The summed E-state index contributed by atoms with van der Waals surface area (Å²) >= 11 is 1.54. The number of esters is 1. The van der Waals surface area contributed by atoms with Crippen LogP contribution in [0.1, 0.15) is 97.7 Å². The molecule has 0 spiro atoms. The maximum atomic E-state index is 13.3. The number of carbonyl (C=O) groups excluding carboxylic acids is 3. The lowest BCUT2D eigenvalue weighted by atomic mass is 9.73. The van der Waals surface area contributed by atoms with Crippen molar-refractivity contribution in [2.75, 3.05) is 0 Å². The quantitative estimate of drug-likeness (QED) is 0.385. The van der Waals surface area contributed by atoms with Crippen molar-refractivity contribution in [2.45, 2.75) is 124 Å². The van der Waals surface area contributed by atoms with Gasteiger partial charge in [0, 0.05) is 24.1 Å². The van der Waals surface area contributed by atoms with Crippen LogP contribution in [-0.4, -0.2) is 68.2 Å². The number of amides is 1. The van der Waals surface area contributed by atoms with E-state index >= 15 is 0 Å². The van der Waals surface area contributed by atoms with E-state index in [0.717, 1.165) is 35.5 Å². The van der Waals surface area contributed by atoms with Gasteiger partial charge in [-0.2, -0.15) is 0 Å². The molecule has 3 rings (SSSR count). The van der Waals surface area contributed by atoms with Crippen LogP contribution < -0.4 is 0 Å². The Bertz CT molecular complexity index is 1100. The molecule has 0 radical (unpaired) electrons. The first kappa shape index (κ1) is 32.4. The predicted octanol–water partition coefficient (Wildman–Crippen LogP) is 4.95. The van der Waals surface area contributed by atoms with Crippen molar-refractivity contribution >= 4 is 35.1 Å². The summed E-state index contributed by atoms with van der Waals surface area (Å²) in [5, 5.41) is 24.8. The molecule has 0 aromatic carbocycles. The van der Waals surface area contributed by atoms with E-state index in [0.29, 0.717) is 12.8 Å². The molecule has 40 heavy (non-hydrogen) atoms. The highest BCUT2D eigenvalue weighted by Gasteiger charge is 2.51. The Balaban J connectivity index is 1.93. The first-order valence-electron chi connectivity index (χ1n) is 14.6. The number of nitrogens with zero attached hydrogens (tertiary/aromatic N) is 2. The number of aryl methyl sites for hydroxylation is 1. The Morgan fingerprint density at radius 1 is 1.23 bits per heavy atom. The van der Waals surface area contributed by atoms with Crippen molar-refractivity contribution in [2.24, 2.45) is 23.2 Å². The van der Waals surface area contributed by atoms with Crippen molar-refractivity contribution in [3.05, 3.63) is 21.7 Å². The van der Waals surface area contributed by atoms with Gasteiger partial charge in [-0.15, -0.1) is 11.3 Å². The molecule has 0 aliphatic carbocycles. The molecule has 2 fully saturated rings. The van der Waals surface area contributed by atoms with E-state index < -0.39 is 35.6 Å². The number of aliphatic hydroxyl groups excluding tert-OH is 2. The van der Waals surface area contributed by atoms with Gasteiger partial charge in [0.15, 0.2) is 0 Å². The summed E-state index contributed by atoms with van der Waals surface area (Å²) in [6, 6.07) is -0.0119. The number of hydrogen-bond donors (Lipinski definition) is 2. The smallest absolute Gasteiger partial charge is 0.309 e. The van der Waals surface area contributed by atoms with Gasteiger partial charge >= 0.3 is 5.97 Å². The van der Waals surface area contributed by atoms with Crippen LogP contribution in [0, 0.1) is 30.1 Å². The average molecular weight is 577 g/mol. The van der Waals surface area contributed by atoms with Gasteiger partial charge in [-0.3, -0.25) is 14.4 Å². The number of fused-ring (bicyclic) bond motifs is 1. The van der Waals surface area contributed by atoms with Gasteiger partial charge in [-0.1, -0.05) is 48.0 Å². The molecular formula is C31H48N2O6S. The minimum Gasteiger partial charge on any atom is -0.458 e. The predicted molar refractivity (Wildman–Crippen MR) is 156 cm³/mol. The van der Waals surface area contributed by atoms with Gasteiger partial charge in [0.2, 0.25) is 5.91 Å². The van der Waals surface area contributed by atoms with Gasteiger partial charge in [-0.05, 0) is 50.2 Å². The molecule has 8 nitrogen and oxygen atoms in total. The number of thiazole rings is 1. The summed E-state index contributed by atoms with van der Waals surface area (Å²) in [4.78, 5) is 46.1. The number of rotatable bonds is 4. The second-order valence-corrected chi connectivity index (χ2v) is 14.0. The highest BCUT2D eigenvalue weighted by Crippen LogP contribution is 2.40. The van der Waals surface area contributed by atoms with Crippen molar-refractivity contribution in [1.29, 1.82) is 0 Å². The van der Waals surface area contributed by atoms with E-state index in [1.54, 1.807) is 32.1 Å². The maximum Gasteiger partial charge on any atom is 0.309 e. The van der Waals surface area contributed by atoms with Crippen LogP contribution in [0.15, 0.2) is 11.0 Å². The normalized spacial score (nSPS) is 32.5. The number of Topliss-reactive ketones (excluding diaryl/α,β-unsaturated/α-hetero) is 1. The fourth-order valence-electron chi connectivity index (χ4n) is 5.92. The molecule has 1 aromatic rings. The lowest BCUT2D eigenvalue weighted by molar-refractivity contribution is -0.154. The summed E-state index contributed by atoms with van der Waals surface area (Å²) < 4.78 is 5.97. The second-order valence-electron chi connectivity index (χ2n) is 12.9. The van der Waals surface area contributed by atoms with Crippen molar-refractivity contribution in [3.63, 3.8) is 0 Å². The fraction of sp³-hybridized carbons (Fsp3) is 0.742. The molecule has 7 atom stereocenters. The third kappa shape index (κ3) is 7.79. The topological polar surface area (TPSA) is 117 Å². The van der Waals surface area contributed by atoms with Crippen LogP contribution in [0.5, 0.6) is 0 Å². The van der Waals surface area contributed by atoms with Crippen LogP contribution in [0.2, 0.25) is 0 Å². The number of aromatic nitrogens is 1. The zero-order valence-electron chi connectivity index (χ0n) is 25.3. The number of carbonyl (C=O) groups is 3. The van der Waals surface area contributed by atoms with Crippen molar-refractivity contribution < 1.29 is 29.3 Å². The molecule has 2 saturated heterocycles. The highest BCUT2D eigenvalue weighted by molar-refractivity contribution is 7.09. The molecular weight excluding hydrogens is 528 g/mol. The van der Waals surface area contributed by atoms with Gasteiger partial charge in [0.05, 0.1) is 46.8 Å². The van der Waals surface area contributed by atoms with Crippen LogP contribution in [-0.2, 0) is 19.1 Å². The first-order valence-corrected chi connectivity index (χ1v) is 15.5. The Kier molecular flexibility index (Phi) is 10.7. The van der Waals surface area contributed by atoms with Gasteiger partial charge < -0.3 is 19.8 Å². The average Bonchev–Trinajstić information content (AvgIpc) is 3.39. The number of aliphatic hydroxyl groups is 2. The largest absolute Gasteiger partial charge is 0.458 e. The van der Waals surface area contributed by atoms with Crippen LogP contribution in [0.4, 0.5) is 0 Å². The third-order valence-electron chi connectivity index (χ3n) is 8.69. The number of ketones is 1. The van der Waals surface area contributed by atoms with E-state index in [1.165, 1.54) is 0 Å². The Labute approximate surface area is 243 Å². The molecule has 2 N–H and O–H groups in total. The fourth-order valence-corrected chi connectivity index (χ4v) is 6.49. The third-order valence-corrected chi connectivity index (χ3v) is 9.48. The summed E-state index contributed by atoms with van der Waals surface area (Å²) in [5.41, 5.74) is 0.365. The molecule has 0 bridgehead atoms. The van der Waals surface area contributed by atoms with E-state index in [1.807, 2.05) is 51.0 Å². The Morgan fingerprint density at radius 2 is 1.90 bits per heavy atom. The molecule has 2 aliphatic heterocycles. The van der Waals surface area contributed by atoms with Crippen LogP contribution >= 0.6 is 11.3 Å². The first-order chi connectivity index (χ1) is 18.6. The van der Waals surface area contributed by atoms with E-state index in [-0.39, 0.29) is 42.0 Å². The van der Waals surface area contributed by atoms with Crippen molar-refractivity contribution in [3.8, 4) is 0 Å². The second kappa shape index (κ2) is 13.3. The Hall–Kier alpha value is -2.10. The standard InChI is InChI=1S/C31H48N2O6S/c1-17(2)12-27(35)33-23-11-9-10-18(3)29(37)20(5)30(38)31(7,8)26(34)15-28(36)39-25(14-24(23)33)19(4)13-22-16-40-21(6)32-22/h13,16-18,20,23-26,29,34,37H,9-12,14-15H2,1-8H3/b19-13+/t18-,20+,23+,24-,25-,26-,29?,33?/m0/s1. The van der Waals surface area contributed by atoms with Crippen molar-refractivity contribution in [1.82, 2.24) is 9.88 Å². The maximum absolute atomic E-state index is 13.3. The lowest BCUT2D eigenvalue weighted by Crippen LogP contribution is -2.45. The van der Waals surface area contributed by atoms with E-state index in [4.69, 9.17) is 4.74 Å².